The summed E-state index contributed by atoms with van der Waals surface area (Å²) in [7, 11) is -0.502. The molecule has 0 saturated carbocycles. The Morgan fingerprint density at radius 2 is 1.50 bits per heavy atom. The number of nitrogens with zero attached hydrogens (tertiary/aromatic N) is 1. The van der Waals surface area contributed by atoms with E-state index in [2.05, 4.69) is 36.0 Å². The molecule has 0 spiro atoms. The molecule has 0 aliphatic carbocycles. The molecule has 0 radical (unpaired) electrons. The Morgan fingerprint density at radius 3 is 2.05 bits per heavy atom. The van der Waals surface area contributed by atoms with Crippen LogP contribution in [-0.4, -0.2) is 26.8 Å². The zero-order valence-electron chi connectivity index (χ0n) is 13.2. The fourth-order valence-electron chi connectivity index (χ4n) is 1.97. The van der Waals surface area contributed by atoms with Gasteiger partial charge in [-0.2, -0.15) is 12.7 Å². The van der Waals surface area contributed by atoms with Crippen LogP contribution in [0.1, 0.15) is 11.1 Å². The van der Waals surface area contributed by atoms with Gasteiger partial charge in [0.05, 0.1) is 0 Å². The van der Waals surface area contributed by atoms with Crippen molar-refractivity contribution >= 4 is 27.3 Å². The Kier molecular flexibility index (Phi) is 4.73. The number of rotatable bonds is 5. The molecule has 0 amide bonds. The van der Waals surface area contributed by atoms with Gasteiger partial charge in [0, 0.05) is 31.2 Å². The standard InChI is InChI=1S/C16H21N3O2S/c1-12-5-10-16(13(2)11-12)17-14-6-8-15(9-7-14)18-22(20,21)19(3)4/h5-11,17-18H,1-4H3. The Labute approximate surface area is 132 Å². The highest BCUT2D eigenvalue weighted by molar-refractivity contribution is 7.90. The van der Waals surface area contributed by atoms with Crippen molar-refractivity contribution in [3.8, 4) is 0 Å². The van der Waals surface area contributed by atoms with E-state index >= 15 is 0 Å². The van der Waals surface area contributed by atoms with E-state index in [1.165, 1.54) is 19.7 Å². The van der Waals surface area contributed by atoms with Crippen molar-refractivity contribution in [1.82, 2.24) is 4.31 Å². The molecular formula is C16H21N3O2S. The van der Waals surface area contributed by atoms with E-state index in [1.807, 2.05) is 18.2 Å². The third-order valence-electron chi connectivity index (χ3n) is 3.27. The van der Waals surface area contributed by atoms with Gasteiger partial charge in [0.15, 0.2) is 0 Å². The molecule has 2 N–H and O–H groups in total. The highest BCUT2D eigenvalue weighted by Crippen LogP contribution is 2.23. The normalized spacial score (nSPS) is 11.5. The van der Waals surface area contributed by atoms with Crippen LogP contribution in [-0.2, 0) is 10.2 Å². The quantitative estimate of drug-likeness (QED) is 0.889. The molecule has 2 aromatic rings. The summed E-state index contributed by atoms with van der Waals surface area (Å²) < 4.78 is 27.1. The highest BCUT2D eigenvalue weighted by Gasteiger charge is 2.12. The van der Waals surface area contributed by atoms with Crippen LogP contribution in [0.3, 0.4) is 0 Å². The fraction of sp³-hybridized carbons (Fsp3) is 0.250. The van der Waals surface area contributed by atoms with Gasteiger partial charge in [-0.3, -0.25) is 4.72 Å². The van der Waals surface area contributed by atoms with E-state index in [1.54, 1.807) is 12.1 Å². The molecule has 0 heterocycles. The molecule has 2 aromatic carbocycles. The summed E-state index contributed by atoms with van der Waals surface area (Å²) in [4.78, 5) is 0. The molecule has 0 atom stereocenters. The molecule has 118 valence electrons. The number of benzene rings is 2. The van der Waals surface area contributed by atoms with Gasteiger partial charge in [-0.15, -0.1) is 0 Å². The lowest BCUT2D eigenvalue weighted by Gasteiger charge is -2.14. The number of hydrogen-bond donors (Lipinski definition) is 2. The first-order chi connectivity index (χ1) is 10.3. The van der Waals surface area contributed by atoms with E-state index in [0.29, 0.717) is 5.69 Å². The molecular weight excluding hydrogens is 298 g/mol. The van der Waals surface area contributed by atoms with Crippen molar-refractivity contribution in [1.29, 1.82) is 0 Å². The Balaban J connectivity index is 2.12. The summed E-state index contributed by atoms with van der Waals surface area (Å²) in [5.74, 6) is 0. The van der Waals surface area contributed by atoms with Gasteiger partial charge < -0.3 is 5.32 Å². The second-order valence-electron chi connectivity index (χ2n) is 5.41. The third kappa shape index (κ3) is 3.99. The minimum absolute atomic E-state index is 0.528. The van der Waals surface area contributed by atoms with Crippen LogP contribution in [0.2, 0.25) is 0 Å². The van der Waals surface area contributed by atoms with Crippen LogP contribution >= 0.6 is 0 Å². The largest absolute Gasteiger partial charge is 0.355 e. The summed E-state index contributed by atoms with van der Waals surface area (Å²) in [6.07, 6.45) is 0. The average molecular weight is 319 g/mol. The molecule has 6 heteroatoms. The SMILES string of the molecule is Cc1ccc(Nc2ccc(NS(=O)(=O)N(C)C)cc2)c(C)c1. The summed E-state index contributed by atoms with van der Waals surface area (Å²) >= 11 is 0. The lowest BCUT2D eigenvalue weighted by molar-refractivity contribution is 0.527. The molecule has 5 nitrogen and oxygen atoms in total. The van der Waals surface area contributed by atoms with Crippen LogP contribution in [0, 0.1) is 13.8 Å². The predicted octanol–water partition coefficient (Wildman–Crippen LogP) is 3.27. The van der Waals surface area contributed by atoms with Gasteiger partial charge >= 0.3 is 10.2 Å². The Bertz CT molecular complexity index is 753. The first-order valence-electron chi connectivity index (χ1n) is 6.92. The second-order valence-corrected chi connectivity index (χ2v) is 7.29. The summed E-state index contributed by atoms with van der Waals surface area (Å²) in [6.45, 7) is 4.11. The van der Waals surface area contributed by atoms with E-state index in [0.717, 1.165) is 21.2 Å². The van der Waals surface area contributed by atoms with Gasteiger partial charge in [-0.05, 0) is 49.7 Å². The van der Waals surface area contributed by atoms with Gasteiger partial charge in [0.2, 0.25) is 0 Å². The van der Waals surface area contributed by atoms with E-state index < -0.39 is 10.2 Å². The van der Waals surface area contributed by atoms with Crippen LogP contribution < -0.4 is 10.0 Å². The smallest absolute Gasteiger partial charge is 0.301 e. The maximum absolute atomic E-state index is 11.8. The molecule has 22 heavy (non-hydrogen) atoms. The van der Waals surface area contributed by atoms with Gasteiger partial charge in [-0.25, -0.2) is 0 Å². The topological polar surface area (TPSA) is 61.4 Å². The lowest BCUT2D eigenvalue weighted by atomic mass is 10.1. The van der Waals surface area contributed by atoms with Crippen molar-refractivity contribution in [2.24, 2.45) is 0 Å². The number of anilines is 3. The zero-order valence-corrected chi connectivity index (χ0v) is 14.0. The van der Waals surface area contributed by atoms with Crippen LogP contribution in [0.5, 0.6) is 0 Å². The molecule has 2 rings (SSSR count). The Hall–Kier alpha value is -2.05. The van der Waals surface area contributed by atoms with Crippen LogP contribution in [0.25, 0.3) is 0 Å². The van der Waals surface area contributed by atoms with Gasteiger partial charge in [0.25, 0.3) is 0 Å². The molecule has 0 bridgehead atoms. The third-order valence-corrected chi connectivity index (χ3v) is 4.73. The van der Waals surface area contributed by atoms with E-state index in [9.17, 15) is 8.42 Å². The van der Waals surface area contributed by atoms with E-state index in [4.69, 9.17) is 0 Å². The van der Waals surface area contributed by atoms with Crippen molar-refractivity contribution < 1.29 is 8.42 Å². The second kappa shape index (κ2) is 6.37. The number of aryl methyl sites for hydroxylation is 2. The molecule has 0 fully saturated rings. The van der Waals surface area contributed by atoms with Gasteiger partial charge in [-0.1, -0.05) is 17.7 Å². The number of nitrogens with one attached hydrogen (secondary N) is 2. The molecule has 0 saturated heterocycles. The number of hydrogen-bond acceptors (Lipinski definition) is 3. The minimum atomic E-state index is -3.47. The Morgan fingerprint density at radius 1 is 0.909 bits per heavy atom. The average Bonchev–Trinajstić information content (AvgIpc) is 2.43. The fourth-order valence-corrected chi connectivity index (χ4v) is 2.59. The first-order valence-corrected chi connectivity index (χ1v) is 8.36. The first kappa shape index (κ1) is 16.3. The summed E-state index contributed by atoms with van der Waals surface area (Å²) in [5.41, 5.74) is 4.85. The highest BCUT2D eigenvalue weighted by atomic mass is 32.2. The van der Waals surface area contributed by atoms with Crippen molar-refractivity contribution in [2.45, 2.75) is 13.8 Å². The molecule has 0 unspecified atom stereocenters. The maximum Gasteiger partial charge on any atom is 0.301 e. The van der Waals surface area contributed by atoms with E-state index in [-0.39, 0.29) is 0 Å². The summed E-state index contributed by atoms with van der Waals surface area (Å²) in [5, 5.41) is 3.32. The van der Waals surface area contributed by atoms with Crippen LogP contribution in [0.15, 0.2) is 42.5 Å². The lowest BCUT2D eigenvalue weighted by Crippen LogP contribution is -2.28. The minimum Gasteiger partial charge on any atom is -0.355 e. The van der Waals surface area contributed by atoms with Crippen molar-refractivity contribution in [3.63, 3.8) is 0 Å². The van der Waals surface area contributed by atoms with Crippen LogP contribution in [0.4, 0.5) is 17.1 Å². The van der Waals surface area contributed by atoms with Crippen molar-refractivity contribution in [3.05, 3.63) is 53.6 Å². The maximum atomic E-state index is 11.8. The zero-order chi connectivity index (χ0) is 16.3. The predicted molar refractivity (Wildman–Crippen MR) is 91.9 cm³/mol. The van der Waals surface area contributed by atoms with Crippen molar-refractivity contribution in [2.75, 3.05) is 24.1 Å². The molecule has 0 aliphatic rings. The monoisotopic (exact) mass is 319 g/mol. The summed E-state index contributed by atoms with van der Waals surface area (Å²) in [6, 6.07) is 13.3. The molecule has 0 aromatic heterocycles. The van der Waals surface area contributed by atoms with Gasteiger partial charge in [0.1, 0.15) is 0 Å². The molecule has 0 aliphatic heterocycles.